The number of halogens is 1. The fraction of sp³-hybridized carbons (Fsp3) is 1.00. The average Bonchev–Trinajstić information content (AvgIpc) is 3.36. The predicted molar refractivity (Wildman–Crippen MR) is 143 cm³/mol. The Morgan fingerprint density at radius 1 is 0.500 bits per heavy atom. The molecule has 3 nitrogen and oxygen atoms in total. The van der Waals surface area contributed by atoms with Crippen molar-refractivity contribution < 1.29 is 18.6 Å². The topological polar surface area (TPSA) is 27.7 Å². The molecule has 0 bridgehead atoms. The van der Waals surface area contributed by atoms with Crippen molar-refractivity contribution in [1.82, 2.24) is 0 Å². The Balaban J connectivity index is 0.000000257. The smallest absolute Gasteiger partial charge is 0.113 e. The molecule has 4 heteroatoms. The maximum atomic E-state index is 13.4. The summed E-state index contributed by atoms with van der Waals surface area (Å²) in [6.45, 7) is 27.4. The van der Waals surface area contributed by atoms with Crippen LogP contribution in [-0.2, 0) is 14.2 Å². The second-order valence-electron chi connectivity index (χ2n) is 13.3. The summed E-state index contributed by atoms with van der Waals surface area (Å²) < 4.78 is 31.0. The predicted octanol–water partition coefficient (Wildman–Crippen LogP) is 8.92. The van der Waals surface area contributed by atoms with Gasteiger partial charge in [-0.3, -0.25) is 0 Å². The lowest BCUT2D eigenvalue weighted by Crippen LogP contribution is -2.58. The monoisotopic (exact) mass is 486 g/mol. The summed E-state index contributed by atoms with van der Waals surface area (Å²) in [7, 11) is 0. The van der Waals surface area contributed by atoms with Crippen molar-refractivity contribution in [1.29, 1.82) is 0 Å². The van der Waals surface area contributed by atoms with Crippen LogP contribution in [0.25, 0.3) is 0 Å². The molecule has 3 saturated carbocycles. The van der Waals surface area contributed by atoms with Gasteiger partial charge in [-0.25, -0.2) is 4.39 Å². The lowest BCUT2D eigenvalue weighted by atomic mass is 9.64. The molecule has 0 atom stereocenters. The molecule has 0 unspecified atom stereocenters. The van der Waals surface area contributed by atoms with Crippen LogP contribution >= 0.6 is 0 Å². The molecule has 0 N–H and O–H groups in total. The zero-order valence-corrected chi connectivity index (χ0v) is 25.0. The van der Waals surface area contributed by atoms with E-state index in [4.69, 9.17) is 14.2 Å². The summed E-state index contributed by atoms with van der Waals surface area (Å²) >= 11 is 0. The van der Waals surface area contributed by atoms with Gasteiger partial charge in [0.2, 0.25) is 0 Å². The summed E-state index contributed by atoms with van der Waals surface area (Å²) in [5.74, 6) is 1.77. The minimum Gasteiger partial charge on any atom is -0.372 e. The molecule has 0 aromatic carbocycles. The van der Waals surface area contributed by atoms with Crippen LogP contribution in [0.15, 0.2) is 0 Å². The first-order valence-corrected chi connectivity index (χ1v) is 14.1. The average molecular weight is 487 g/mol. The zero-order chi connectivity index (χ0) is 26.5. The highest BCUT2D eigenvalue weighted by Gasteiger charge is 2.55. The van der Waals surface area contributed by atoms with E-state index in [1.807, 2.05) is 13.8 Å². The van der Waals surface area contributed by atoms with Crippen molar-refractivity contribution in [2.75, 3.05) is 0 Å². The summed E-state index contributed by atoms with van der Waals surface area (Å²) in [5.41, 5.74) is -0.681. The summed E-state index contributed by atoms with van der Waals surface area (Å²) in [5, 5.41) is 0. The number of rotatable bonds is 9. The maximum absolute atomic E-state index is 13.4. The molecule has 0 saturated heterocycles. The molecule has 0 aromatic heterocycles. The maximum Gasteiger partial charge on any atom is 0.113 e. The Kier molecular flexibility index (Phi) is 11.6. The number of hydrogen-bond donors (Lipinski definition) is 0. The van der Waals surface area contributed by atoms with E-state index in [-0.39, 0.29) is 22.9 Å². The van der Waals surface area contributed by atoms with Crippen LogP contribution in [0.1, 0.15) is 135 Å². The van der Waals surface area contributed by atoms with E-state index in [0.29, 0.717) is 42.8 Å². The minimum atomic E-state index is -1.00. The fourth-order valence-corrected chi connectivity index (χ4v) is 5.54. The minimum absolute atomic E-state index is 0.193. The Labute approximate surface area is 212 Å². The molecular formula is C30H59FO3. The standard InChI is InChI=1S/C11H21FO.C10H20O.C9H18O/c1-8(2)11(13-9(3)4)6-10(5,12)7-11;1-8(2)10(6-5-7-10)11-9(3)4;1-7(2)9(5-6-9)10-8(3)4/h8-9H,6-7H2,1-5H3;8-9H,5-7H2,1-4H3;7-8H,5-6H2,1-4H3. The lowest BCUT2D eigenvalue weighted by Gasteiger charge is -2.53. The van der Waals surface area contributed by atoms with Crippen LogP contribution in [0.3, 0.4) is 0 Å². The molecule has 34 heavy (non-hydrogen) atoms. The molecule has 0 heterocycles. The zero-order valence-electron chi connectivity index (χ0n) is 25.0. The van der Waals surface area contributed by atoms with Gasteiger partial charge in [-0.15, -0.1) is 0 Å². The third-order valence-corrected chi connectivity index (χ3v) is 7.85. The highest BCUT2D eigenvalue weighted by Crippen LogP contribution is 2.51. The largest absolute Gasteiger partial charge is 0.372 e. The first kappa shape index (κ1) is 31.8. The molecule has 0 aromatic rings. The molecule has 3 aliphatic carbocycles. The van der Waals surface area contributed by atoms with Crippen molar-refractivity contribution in [2.24, 2.45) is 17.8 Å². The third-order valence-electron chi connectivity index (χ3n) is 7.85. The SMILES string of the molecule is CC(C)OC1(C(C)C)CC(C)(F)C1.CC(C)OC1(C(C)C)CC1.CC(C)OC1(C(C)C)CCC1. The molecule has 3 rings (SSSR count). The van der Waals surface area contributed by atoms with Gasteiger partial charge in [-0.2, -0.15) is 0 Å². The van der Waals surface area contributed by atoms with Crippen molar-refractivity contribution in [3.8, 4) is 0 Å². The van der Waals surface area contributed by atoms with Crippen LogP contribution in [0.2, 0.25) is 0 Å². The Bertz CT molecular complexity index is 570. The van der Waals surface area contributed by atoms with Crippen molar-refractivity contribution in [2.45, 2.75) is 176 Å². The van der Waals surface area contributed by atoms with Gasteiger partial charge in [0, 0.05) is 12.8 Å². The molecule has 3 aliphatic rings. The molecule has 0 radical (unpaired) electrons. The van der Waals surface area contributed by atoms with E-state index >= 15 is 0 Å². The highest BCUT2D eigenvalue weighted by molar-refractivity contribution is 5.06. The number of alkyl halides is 1. The molecular weight excluding hydrogens is 427 g/mol. The lowest BCUT2D eigenvalue weighted by molar-refractivity contribution is -0.211. The summed E-state index contributed by atoms with van der Waals surface area (Å²) in [4.78, 5) is 0. The molecule has 0 spiro atoms. The molecule has 204 valence electrons. The van der Waals surface area contributed by atoms with Gasteiger partial charge in [0.25, 0.3) is 0 Å². The highest BCUT2D eigenvalue weighted by atomic mass is 19.1. The van der Waals surface area contributed by atoms with Crippen LogP contribution in [-0.4, -0.2) is 40.8 Å². The van der Waals surface area contributed by atoms with Gasteiger partial charge in [0.1, 0.15) is 5.67 Å². The van der Waals surface area contributed by atoms with Gasteiger partial charge in [0.15, 0.2) is 0 Å². The normalized spacial score (nSPS) is 28.9. The van der Waals surface area contributed by atoms with E-state index in [9.17, 15) is 4.39 Å². The van der Waals surface area contributed by atoms with Gasteiger partial charge in [-0.05, 0) is 98.3 Å². The quantitative estimate of drug-likeness (QED) is 0.325. The van der Waals surface area contributed by atoms with Gasteiger partial charge in [0.05, 0.1) is 35.1 Å². The van der Waals surface area contributed by atoms with Crippen LogP contribution in [0.4, 0.5) is 4.39 Å². The molecule has 3 fully saturated rings. The van der Waals surface area contributed by atoms with Gasteiger partial charge < -0.3 is 14.2 Å². The number of ether oxygens (including phenoxy) is 3. The second-order valence-corrected chi connectivity index (χ2v) is 13.3. The fourth-order valence-electron chi connectivity index (χ4n) is 5.54. The van der Waals surface area contributed by atoms with E-state index in [0.717, 1.165) is 0 Å². The Morgan fingerprint density at radius 3 is 0.941 bits per heavy atom. The second kappa shape index (κ2) is 12.4. The molecule has 0 aliphatic heterocycles. The van der Waals surface area contributed by atoms with Crippen molar-refractivity contribution in [3.63, 3.8) is 0 Å². The van der Waals surface area contributed by atoms with Crippen molar-refractivity contribution >= 4 is 0 Å². The molecule has 0 amide bonds. The first-order valence-electron chi connectivity index (χ1n) is 14.1. The summed E-state index contributed by atoms with van der Waals surface area (Å²) in [6, 6.07) is 0. The third kappa shape index (κ3) is 9.04. The Hall–Kier alpha value is -0.190. The van der Waals surface area contributed by atoms with Gasteiger partial charge in [-0.1, -0.05) is 41.5 Å². The van der Waals surface area contributed by atoms with Gasteiger partial charge >= 0.3 is 0 Å². The Morgan fingerprint density at radius 2 is 0.794 bits per heavy atom. The summed E-state index contributed by atoms with van der Waals surface area (Å²) in [6.07, 6.45) is 8.50. The van der Waals surface area contributed by atoms with E-state index in [1.54, 1.807) is 6.92 Å². The van der Waals surface area contributed by atoms with Crippen LogP contribution in [0, 0.1) is 17.8 Å². The van der Waals surface area contributed by atoms with E-state index in [1.165, 1.54) is 32.1 Å². The van der Waals surface area contributed by atoms with Crippen molar-refractivity contribution in [3.05, 3.63) is 0 Å². The first-order chi connectivity index (χ1) is 15.4. The number of hydrogen-bond acceptors (Lipinski definition) is 3. The van der Waals surface area contributed by atoms with E-state index in [2.05, 4.69) is 69.2 Å². The van der Waals surface area contributed by atoms with E-state index < -0.39 is 5.67 Å². The van der Waals surface area contributed by atoms with Crippen LogP contribution < -0.4 is 0 Å². The van der Waals surface area contributed by atoms with Crippen LogP contribution in [0.5, 0.6) is 0 Å².